The number of hydrogen-bond donors (Lipinski definition) is 1. The van der Waals surface area contributed by atoms with Crippen molar-refractivity contribution in [3.05, 3.63) is 56.9 Å². The normalized spacial score (nSPS) is 12.2. The molecule has 19 heavy (non-hydrogen) atoms. The van der Waals surface area contributed by atoms with E-state index in [2.05, 4.69) is 5.32 Å². The Balaban J connectivity index is 2.12. The van der Waals surface area contributed by atoms with Crippen molar-refractivity contribution < 1.29 is 9.21 Å². The molecule has 100 valence electrons. The third-order valence-electron chi connectivity index (χ3n) is 2.57. The molecule has 1 aromatic carbocycles. The van der Waals surface area contributed by atoms with Crippen LogP contribution in [-0.2, 0) is 0 Å². The molecular weight excluding hydrogens is 309 g/mol. The SMILES string of the molecule is CC(NC(=O)c1ccc(Cl)o1)c1ccc(Cl)cc1Cl. The Hall–Kier alpha value is -1.16. The summed E-state index contributed by atoms with van der Waals surface area (Å²) in [6, 6.07) is 7.86. The Bertz CT molecular complexity index is 610. The molecule has 0 aliphatic carbocycles. The highest BCUT2D eigenvalue weighted by Gasteiger charge is 2.16. The van der Waals surface area contributed by atoms with E-state index in [-0.39, 0.29) is 22.9 Å². The van der Waals surface area contributed by atoms with E-state index in [0.717, 1.165) is 5.56 Å². The summed E-state index contributed by atoms with van der Waals surface area (Å²) in [6.45, 7) is 1.82. The first-order chi connectivity index (χ1) is 8.97. The van der Waals surface area contributed by atoms with Gasteiger partial charge in [0.1, 0.15) is 0 Å². The zero-order chi connectivity index (χ0) is 14.0. The molecule has 2 rings (SSSR count). The summed E-state index contributed by atoms with van der Waals surface area (Å²) < 4.78 is 5.03. The highest BCUT2D eigenvalue weighted by Crippen LogP contribution is 2.26. The fourth-order valence-electron chi connectivity index (χ4n) is 1.63. The largest absolute Gasteiger partial charge is 0.440 e. The van der Waals surface area contributed by atoms with Crippen LogP contribution in [0.25, 0.3) is 0 Å². The van der Waals surface area contributed by atoms with Crippen molar-refractivity contribution in [3.63, 3.8) is 0 Å². The molecule has 0 radical (unpaired) electrons. The molecule has 1 amide bonds. The maximum Gasteiger partial charge on any atom is 0.287 e. The Kier molecular flexibility index (Phi) is 4.40. The molecule has 0 saturated carbocycles. The van der Waals surface area contributed by atoms with E-state index in [0.29, 0.717) is 10.0 Å². The summed E-state index contributed by atoms with van der Waals surface area (Å²) >= 11 is 17.5. The molecule has 2 aromatic rings. The zero-order valence-electron chi connectivity index (χ0n) is 9.91. The van der Waals surface area contributed by atoms with E-state index >= 15 is 0 Å². The number of amides is 1. The van der Waals surface area contributed by atoms with Crippen LogP contribution in [0.5, 0.6) is 0 Å². The Morgan fingerprint density at radius 1 is 1.21 bits per heavy atom. The zero-order valence-corrected chi connectivity index (χ0v) is 12.2. The maximum atomic E-state index is 11.9. The lowest BCUT2D eigenvalue weighted by atomic mass is 10.1. The average Bonchev–Trinajstić information content (AvgIpc) is 2.75. The van der Waals surface area contributed by atoms with Gasteiger partial charge in [-0.15, -0.1) is 0 Å². The van der Waals surface area contributed by atoms with Crippen LogP contribution in [-0.4, -0.2) is 5.91 Å². The quantitative estimate of drug-likeness (QED) is 0.889. The van der Waals surface area contributed by atoms with Gasteiger partial charge < -0.3 is 9.73 Å². The molecule has 1 unspecified atom stereocenters. The van der Waals surface area contributed by atoms with Crippen molar-refractivity contribution in [2.24, 2.45) is 0 Å². The van der Waals surface area contributed by atoms with Crippen LogP contribution in [0.1, 0.15) is 29.1 Å². The number of carbonyl (C=O) groups is 1. The molecule has 1 atom stereocenters. The van der Waals surface area contributed by atoms with Crippen molar-refractivity contribution in [2.45, 2.75) is 13.0 Å². The monoisotopic (exact) mass is 317 g/mol. The Morgan fingerprint density at radius 2 is 1.95 bits per heavy atom. The third kappa shape index (κ3) is 3.44. The van der Waals surface area contributed by atoms with Crippen LogP contribution < -0.4 is 5.32 Å². The van der Waals surface area contributed by atoms with Gasteiger partial charge in [0, 0.05) is 10.0 Å². The number of benzene rings is 1. The summed E-state index contributed by atoms with van der Waals surface area (Å²) in [5.41, 5.74) is 0.775. The van der Waals surface area contributed by atoms with Crippen molar-refractivity contribution in [1.82, 2.24) is 5.32 Å². The van der Waals surface area contributed by atoms with Crippen LogP contribution in [0.3, 0.4) is 0 Å². The highest BCUT2D eigenvalue weighted by atomic mass is 35.5. The van der Waals surface area contributed by atoms with Crippen molar-refractivity contribution in [1.29, 1.82) is 0 Å². The minimum atomic E-state index is -0.356. The van der Waals surface area contributed by atoms with E-state index in [1.807, 2.05) is 6.92 Å². The third-order valence-corrected chi connectivity index (χ3v) is 3.34. The first kappa shape index (κ1) is 14.3. The van der Waals surface area contributed by atoms with E-state index in [1.54, 1.807) is 18.2 Å². The lowest BCUT2D eigenvalue weighted by molar-refractivity contribution is 0.0912. The predicted molar refractivity (Wildman–Crippen MR) is 76.1 cm³/mol. The van der Waals surface area contributed by atoms with Gasteiger partial charge in [0.2, 0.25) is 0 Å². The molecule has 0 saturated heterocycles. The van der Waals surface area contributed by atoms with Crippen LogP contribution in [0.15, 0.2) is 34.7 Å². The van der Waals surface area contributed by atoms with Gasteiger partial charge in [-0.3, -0.25) is 4.79 Å². The summed E-state index contributed by atoms with van der Waals surface area (Å²) in [7, 11) is 0. The number of hydrogen-bond acceptors (Lipinski definition) is 2. The Morgan fingerprint density at radius 3 is 2.53 bits per heavy atom. The topological polar surface area (TPSA) is 42.2 Å². The molecule has 0 fully saturated rings. The maximum absolute atomic E-state index is 11.9. The molecule has 0 spiro atoms. The van der Waals surface area contributed by atoms with Gasteiger partial charge in [-0.2, -0.15) is 0 Å². The van der Waals surface area contributed by atoms with Gasteiger partial charge in [0.25, 0.3) is 5.91 Å². The summed E-state index contributed by atoms with van der Waals surface area (Å²) in [5.74, 6) is -0.202. The van der Waals surface area contributed by atoms with E-state index < -0.39 is 0 Å². The number of nitrogens with one attached hydrogen (secondary N) is 1. The van der Waals surface area contributed by atoms with Crippen molar-refractivity contribution in [2.75, 3.05) is 0 Å². The summed E-state index contributed by atoms with van der Waals surface area (Å²) in [5, 5.41) is 3.98. The Labute approximate surface area is 125 Å². The van der Waals surface area contributed by atoms with Gasteiger partial charge in [-0.05, 0) is 48.4 Å². The molecule has 1 aromatic heterocycles. The standard InChI is InChI=1S/C13H10Cl3NO2/c1-7(9-3-2-8(14)6-10(9)15)17-13(18)11-4-5-12(16)19-11/h2-7H,1H3,(H,17,18). The molecule has 3 nitrogen and oxygen atoms in total. The smallest absolute Gasteiger partial charge is 0.287 e. The summed E-state index contributed by atoms with van der Waals surface area (Å²) in [6.07, 6.45) is 0. The van der Waals surface area contributed by atoms with Crippen LogP contribution >= 0.6 is 34.8 Å². The van der Waals surface area contributed by atoms with E-state index in [1.165, 1.54) is 12.1 Å². The number of rotatable bonds is 3. The second-order valence-corrected chi connectivity index (χ2v) is 5.18. The lowest BCUT2D eigenvalue weighted by Gasteiger charge is -2.15. The molecule has 6 heteroatoms. The number of furan rings is 1. The van der Waals surface area contributed by atoms with Crippen LogP contribution in [0, 0.1) is 0 Å². The first-order valence-electron chi connectivity index (χ1n) is 5.48. The van der Waals surface area contributed by atoms with Crippen LogP contribution in [0.2, 0.25) is 15.3 Å². The molecule has 1 N–H and O–H groups in total. The van der Waals surface area contributed by atoms with Gasteiger partial charge in [0.05, 0.1) is 6.04 Å². The number of halogens is 3. The van der Waals surface area contributed by atoms with E-state index in [4.69, 9.17) is 39.2 Å². The van der Waals surface area contributed by atoms with Crippen molar-refractivity contribution >= 4 is 40.7 Å². The fourth-order valence-corrected chi connectivity index (χ4v) is 2.35. The van der Waals surface area contributed by atoms with Gasteiger partial charge >= 0.3 is 0 Å². The molecule has 0 aliphatic rings. The van der Waals surface area contributed by atoms with Crippen molar-refractivity contribution in [3.8, 4) is 0 Å². The summed E-state index contributed by atoms with van der Waals surface area (Å²) in [4.78, 5) is 11.9. The minimum absolute atomic E-state index is 0.155. The van der Waals surface area contributed by atoms with Gasteiger partial charge in [0.15, 0.2) is 11.0 Å². The molecule has 0 bridgehead atoms. The predicted octanol–water partition coefficient (Wildman–Crippen LogP) is 4.73. The second kappa shape index (κ2) is 5.87. The fraction of sp³-hybridized carbons (Fsp3) is 0.154. The van der Waals surface area contributed by atoms with Gasteiger partial charge in [-0.1, -0.05) is 29.3 Å². The second-order valence-electron chi connectivity index (χ2n) is 3.96. The lowest BCUT2D eigenvalue weighted by Crippen LogP contribution is -2.26. The van der Waals surface area contributed by atoms with Gasteiger partial charge in [-0.25, -0.2) is 0 Å². The number of carbonyl (C=O) groups excluding carboxylic acids is 1. The molecule has 0 aliphatic heterocycles. The molecule has 1 heterocycles. The first-order valence-corrected chi connectivity index (χ1v) is 6.62. The van der Waals surface area contributed by atoms with Crippen LogP contribution in [0.4, 0.5) is 0 Å². The minimum Gasteiger partial charge on any atom is -0.440 e. The molecular formula is C13H10Cl3NO2. The average molecular weight is 319 g/mol. The highest BCUT2D eigenvalue weighted by molar-refractivity contribution is 6.35. The van der Waals surface area contributed by atoms with E-state index in [9.17, 15) is 4.79 Å².